The standard InChI is InChI=1S/C15H18N2O3/c18-13(15(6-7-15)14(19)20)17-10-8-16(9-11-17)12-4-2-1-3-5-12/h1-5H,6-11H2,(H,19,20). The molecule has 1 amide bonds. The molecule has 1 saturated carbocycles. The molecule has 2 aliphatic rings. The average Bonchev–Trinajstić information content (AvgIpc) is 3.29. The van der Waals surface area contributed by atoms with Gasteiger partial charge < -0.3 is 14.9 Å². The molecule has 0 radical (unpaired) electrons. The van der Waals surface area contributed by atoms with Crippen LogP contribution >= 0.6 is 0 Å². The highest BCUT2D eigenvalue weighted by atomic mass is 16.4. The van der Waals surface area contributed by atoms with Crippen LogP contribution < -0.4 is 4.90 Å². The Kier molecular flexibility index (Phi) is 3.12. The number of para-hydroxylation sites is 1. The van der Waals surface area contributed by atoms with Crippen LogP contribution in [0.2, 0.25) is 0 Å². The lowest BCUT2D eigenvalue weighted by molar-refractivity contribution is -0.153. The normalized spacial score (nSPS) is 20.6. The molecule has 3 rings (SSSR count). The first-order valence-electron chi connectivity index (χ1n) is 6.96. The van der Waals surface area contributed by atoms with Gasteiger partial charge in [-0.3, -0.25) is 9.59 Å². The highest BCUT2D eigenvalue weighted by Gasteiger charge is 2.58. The van der Waals surface area contributed by atoms with Crippen LogP contribution in [0.4, 0.5) is 5.69 Å². The number of carboxylic acid groups (broad SMARTS) is 1. The maximum absolute atomic E-state index is 12.3. The molecule has 5 heteroatoms. The first kappa shape index (κ1) is 13.0. The minimum atomic E-state index is -1.10. The molecule has 0 atom stereocenters. The lowest BCUT2D eigenvalue weighted by Gasteiger charge is -2.37. The van der Waals surface area contributed by atoms with Gasteiger partial charge in [-0.1, -0.05) is 18.2 Å². The van der Waals surface area contributed by atoms with Gasteiger partial charge in [0.2, 0.25) is 5.91 Å². The molecule has 0 aromatic heterocycles. The van der Waals surface area contributed by atoms with E-state index in [4.69, 9.17) is 0 Å². The summed E-state index contributed by atoms with van der Waals surface area (Å²) in [5, 5.41) is 9.18. The molecular weight excluding hydrogens is 256 g/mol. The van der Waals surface area contributed by atoms with E-state index in [9.17, 15) is 14.7 Å². The summed E-state index contributed by atoms with van der Waals surface area (Å²) in [5.74, 6) is -1.16. The number of hydrogen-bond donors (Lipinski definition) is 1. The molecule has 1 heterocycles. The molecule has 0 unspecified atom stereocenters. The monoisotopic (exact) mass is 274 g/mol. The van der Waals surface area contributed by atoms with Gasteiger partial charge >= 0.3 is 5.97 Å². The Morgan fingerprint density at radius 3 is 2.10 bits per heavy atom. The third-order valence-electron chi connectivity index (χ3n) is 4.26. The molecule has 2 fully saturated rings. The second-order valence-corrected chi connectivity index (χ2v) is 5.50. The zero-order valence-corrected chi connectivity index (χ0v) is 11.3. The smallest absolute Gasteiger partial charge is 0.319 e. The molecule has 0 bridgehead atoms. The van der Waals surface area contributed by atoms with Gasteiger partial charge in [0.25, 0.3) is 0 Å². The molecule has 5 nitrogen and oxygen atoms in total. The zero-order chi connectivity index (χ0) is 14.2. The Morgan fingerprint density at radius 2 is 1.60 bits per heavy atom. The van der Waals surface area contributed by atoms with Gasteiger partial charge in [0.1, 0.15) is 5.41 Å². The summed E-state index contributed by atoms with van der Waals surface area (Å²) < 4.78 is 0. The van der Waals surface area contributed by atoms with Crippen LogP contribution in [-0.4, -0.2) is 48.1 Å². The SMILES string of the molecule is O=C(O)C1(C(=O)N2CCN(c3ccccc3)CC2)CC1. The topological polar surface area (TPSA) is 60.9 Å². The molecule has 1 aliphatic heterocycles. The van der Waals surface area contributed by atoms with E-state index in [0.717, 1.165) is 18.8 Å². The molecule has 0 spiro atoms. The number of rotatable bonds is 3. The zero-order valence-electron chi connectivity index (χ0n) is 11.3. The largest absolute Gasteiger partial charge is 0.480 e. The molecule has 1 aliphatic carbocycles. The van der Waals surface area contributed by atoms with Crippen LogP contribution in [0.1, 0.15) is 12.8 Å². The Morgan fingerprint density at radius 1 is 1.00 bits per heavy atom. The van der Waals surface area contributed by atoms with Crippen molar-refractivity contribution in [3.05, 3.63) is 30.3 Å². The number of carbonyl (C=O) groups excluding carboxylic acids is 1. The van der Waals surface area contributed by atoms with Gasteiger partial charge in [0.05, 0.1) is 0 Å². The van der Waals surface area contributed by atoms with E-state index in [2.05, 4.69) is 17.0 Å². The van der Waals surface area contributed by atoms with Gasteiger partial charge in [-0.2, -0.15) is 0 Å². The van der Waals surface area contributed by atoms with Crippen LogP contribution in [0.15, 0.2) is 30.3 Å². The molecule has 1 aromatic carbocycles. The van der Waals surface area contributed by atoms with Crippen LogP contribution in [0.25, 0.3) is 0 Å². The van der Waals surface area contributed by atoms with Crippen molar-refractivity contribution < 1.29 is 14.7 Å². The first-order chi connectivity index (χ1) is 9.63. The van der Waals surface area contributed by atoms with Gasteiger partial charge in [-0.25, -0.2) is 0 Å². The summed E-state index contributed by atoms with van der Waals surface area (Å²) in [6, 6.07) is 10.1. The van der Waals surface area contributed by atoms with E-state index in [-0.39, 0.29) is 5.91 Å². The lowest BCUT2D eigenvalue weighted by Crippen LogP contribution is -2.52. The van der Waals surface area contributed by atoms with E-state index in [1.807, 2.05) is 18.2 Å². The first-order valence-corrected chi connectivity index (χ1v) is 6.96. The van der Waals surface area contributed by atoms with Crippen LogP contribution in [0.3, 0.4) is 0 Å². The van der Waals surface area contributed by atoms with E-state index < -0.39 is 11.4 Å². The number of hydrogen-bond acceptors (Lipinski definition) is 3. The molecule has 106 valence electrons. The Balaban J connectivity index is 1.62. The number of amides is 1. The Hall–Kier alpha value is -2.04. The maximum Gasteiger partial charge on any atom is 0.319 e. The minimum Gasteiger partial charge on any atom is -0.480 e. The second-order valence-electron chi connectivity index (χ2n) is 5.50. The number of piperazine rings is 1. The van der Waals surface area contributed by atoms with Crippen molar-refractivity contribution in [2.75, 3.05) is 31.1 Å². The molecule has 1 saturated heterocycles. The van der Waals surface area contributed by atoms with Crippen molar-refractivity contribution in [3.8, 4) is 0 Å². The van der Waals surface area contributed by atoms with E-state index >= 15 is 0 Å². The van der Waals surface area contributed by atoms with Crippen molar-refractivity contribution in [1.29, 1.82) is 0 Å². The average molecular weight is 274 g/mol. The van der Waals surface area contributed by atoms with Crippen LogP contribution in [-0.2, 0) is 9.59 Å². The van der Waals surface area contributed by atoms with Crippen molar-refractivity contribution in [3.63, 3.8) is 0 Å². The van der Waals surface area contributed by atoms with Crippen molar-refractivity contribution in [2.45, 2.75) is 12.8 Å². The number of carbonyl (C=O) groups is 2. The highest BCUT2D eigenvalue weighted by molar-refractivity contribution is 6.04. The maximum atomic E-state index is 12.3. The molecule has 1 N–H and O–H groups in total. The summed E-state index contributed by atoms with van der Waals surface area (Å²) in [5.41, 5.74) is 0.0496. The van der Waals surface area contributed by atoms with Crippen molar-refractivity contribution in [1.82, 2.24) is 4.90 Å². The third-order valence-corrected chi connectivity index (χ3v) is 4.26. The fraction of sp³-hybridized carbons (Fsp3) is 0.467. The molecule has 1 aromatic rings. The third kappa shape index (κ3) is 2.13. The lowest BCUT2D eigenvalue weighted by atomic mass is 10.1. The predicted octanol–water partition coefficient (Wildman–Crippen LogP) is 1.20. The quantitative estimate of drug-likeness (QED) is 0.841. The van der Waals surface area contributed by atoms with Gasteiger partial charge in [-0.05, 0) is 25.0 Å². The van der Waals surface area contributed by atoms with Crippen molar-refractivity contribution >= 4 is 17.6 Å². The fourth-order valence-electron chi connectivity index (χ4n) is 2.75. The summed E-state index contributed by atoms with van der Waals surface area (Å²) >= 11 is 0. The van der Waals surface area contributed by atoms with Gasteiger partial charge in [-0.15, -0.1) is 0 Å². The summed E-state index contributed by atoms with van der Waals surface area (Å²) in [6.45, 7) is 2.71. The number of aliphatic carboxylic acids is 1. The number of benzene rings is 1. The molecule has 20 heavy (non-hydrogen) atoms. The number of anilines is 1. The fourth-order valence-corrected chi connectivity index (χ4v) is 2.75. The number of nitrogens with zero attached hydrogens (tertiary/aromatic N) is 2. The highest BCUT2D eigenvalue weighted by Crippen LogP contribution is 2.47. The second kappa shape index (κ2) is 4.81. The number of carboxylic acids is 1. The summed E-state index contributed by atoms with van der Waals surface area (Å²) in [7, 11) is 0. The van der Waals surface area contributed by atoms with Crippen molar-refractivity contribution in [2.24, 2.45) is 5.41 Å². The van der Waals surface area contributed by atoms with E-state index in [1.165, 1.54) is 0 Å². The predicted molar refractivity (Wildman–Crippen MR) is 74.5 cm³/mol. The van der Waals surface area contributed by atoms with E-state index in [0.29, 0.717) is 25.9 Å². The van der Waals surface area contributed by atoms with Gasteiger partial charge in [0, 0.05) is 31.9 Å². The Labute approximate surface area is 117 Å². The summed E-state index contributed by atoms with van der Waals surface area (Å²) in [4.78, 5) is 27.4. The van der Waals surface area contributed by atoms with E-state index in [1.54, 1.807) is 4.90 Å². The molecular formula is C15H18N2O3. The van der Waals surface area contributed by atoms with Crippen LogP contribution in [0.5, 0.6) is 0 Å². The van der Waals surface area contributed by atoms with Gasteiger partial charge in [0.15, 0.2) is 0 Å². The Bertz CT molecular complexity index is 517. The summed E-state index contributed by atoms with van der Waals surface area (Å²) in [6.07, 6.45) is 0.972. The van der Waals surface area contributed by atoms with Crippen LogP contribution in [0, 0.1) is 5.41 Å². The minimum absolute atomic E-state index is 0.197.